The second-order valence-electron chi connectivity index (χ2n) is 7.55. The maximum absolute atomic E-state index is 12.4. The lowest BCUT2D eigenvalue weighted by molar-refractivity contribution is -0.132. The molecule has 0 aliphatic carbocycles. The van der Waals surface area contributed by atoms with Gasteiger partial charge < -0.3 is 20.4 Å². The first-order valence-corrected chi connectivity index (χ1v) is 10.3. The molecule has 0 aromatic heterocycles. The number of carbonyl (C=O) groups is 2. The van der Waals surface area contributed by atoms with Crippen LogP contribution in [-0.2, 0) is 17.8 Å². The molecule has 2 N–H and O–H groups in total. The summed E-state index contributed by atoms with van der Waals surface area (Å²) in [5, 5.41) is 6.31. The van der Waals surface area contributed by atoms with Crippen molar-refractivity contribution < 1.29 is 9.59 Å². The van der Waals surface area contributed by atoms with Crippen LogP contribution in [-0.4, -0.2) is 61.0 Å². The van der Waals surface area contributed by atoms with Crippen molar-refractivity contribution in [3.05, 3.63) is 35.4 Å². The Hall–Kier alpha value is -2.08. The number of hydrogen-bond acceptors (Lipinski definition) is 3. The van der Waals surface area contributed by atoms with Crippen molar-refractivity contribution in [3.63, 3.8) is 0 Å². The lowest BCUT2D eigenvalue weighted by Gasteiger charge is -2.32. The normalized spacial score (nSPS) is 17.5. The third-order valence-corrected chi connectivity index (χ3v) is 5.68. The average Bonchev–Trinajstić information content (AvgIpc) is 2.72. The van der Waals surface area contributed by atoms with Gasteiger partial charge in [-0.25, -0.2) is 4.79 Å². The highest BCUT2D eigenvalue weighted by atomic mass is 16.2. The van der Waals surface area contributed by atoms with Gasteiger partial charge in [0.25, 0.3) is 0 Å². The van der Waals surface area contributed by atoms with Gasteiger partial charge in [-0.15, -0.1) is 0 Å². The van der Waals surface area contributed by atoms with Crippen LogP contribution in [0.3, 0.4) is 0 Å². The first-order chi connectivity index (χ1) is 13.2. The molecule has 1 aromatic carbocycles. The number of urea groups is 1. The van der Waals surface area contributed by atoms with E-state index in [1.807, 2.05) is 21.9 Å². The van der Waals surface area contributed by atoms with Crippen LogP contribution in [0.1, 0.15) is 37.3 Å². The predicted octanol–water partition coefficient (Wildman–Crippen LogP) is 1.99. The number of piperidine rings is 1. The average molecular weight is 373 g/mol. The van der Waals surface area contributed by atoms with Gasteiger partial charge in [0.05, 0.1) is 0 Å². The van der Waals surface area contributed by atoms with Crippen molar-refractivity contribution in [2.24, 2.45) is 5.92 Å². The molecular weight excluding hydrogens is 340 g/mol. The van der Waals surface area contributed by atoms with Crippen LogP contribution in [0.2, 0.25) is 0 Å². The van der Waals surface area contributed by atoms with E-state index >= 15 is 0 Å². The van der Waals surface area contributed by atoms with Gasteiger partial charge in [0, 0.05) is 39.1 Å². The van der Waals surface area contributed by atoms with Crippen molar-refractivity contribution in [1.82, 2.24) is 20.4 Å². The Morgan fingerprint density at radius 2 is 1.81 bits per heavy atom. The quantitative estimate of drug-likeness (QED) is 0.803. The van der Waals surface area contributed by atoms with Crippen LogP contribution < -0.4 is 10.6 Å². The lowest BCUT2D eigenvalue weighted by atomic mass is 9.96. The van der Waals surface area contributed by atoms with E-state index in [4.69, 9.17) is 0 Å². The second-order valence-corrected chi connectivity index (χ2v) is 7.55. The number of likely N-dealkylation sites (tertiary alicyclic amines) is 1. The number of fused-ring (bicyclic) bond motifs is 1. The Kier molecular flexibility index (Phi) is 7.10. The zero-order valence-electron chi connectivity index (χ0n) is 16.4. The maximum Gasteiger partial charge on any atom is 0.317 e. The summed E-state index contributed by atoms with van der Waals surface area (Å²) in [6, 6.07) is 8.20. The van der Waals surface area contributed by atoms with Gasteiger partial charge in [0.1, 0.15) is 0 Å². The summed E-state index contributed by atoms with van der Waals surface area (Å²) >= 11 is 0. The summed E-state index contributed by atoms with van der Waals surface area (Å²) in [6.45, 7) is 7.64. The van der Waals surface area contributed by atoms with Gasteiger partial charge >= 0.3 is 6.03 Å². The third kappa shape index (κ3) is 5.45. The molecule has 27 heavy (non-hydrogen) atoms. The molecule has 0 spiro atoms. The number of benzene rings is 1. The largest absolute Gasteiger partial charge is 0.343 e. The Morgan fingerprint density at radius 3 is 2.56 bits per heavy atom. The minimum atomic E-state index is -0.0679. The Balaban J connectivity index is 1.35. The first kappa shape index (κ1) is 19.7. The highest BCUT2D eigenvalue weighted by Crippen LogP contribution is 2.19. The van der Waals surface area contributed by atoms with Crippen molar-refractivity contribution in [2.75, 3.05) is 39.3 Å². The summed E-state index contributed by atoms with van der Waals surface area (Å²) in [4.78, 5) is 28.6. The minimum Gasteiger partial charge on any atom is -0.343 e. The van der Waals surface area contributed by atoms with Crippen LogP contribution in [0.5, 0.6) is 0 Å². The van der Waals surface area contributed by atoms with Crippen molar-refractivity contribution >= 4 is 11.9 Å². The first-order valence-electron chi connectivity index (χ1n) is 10.3. The predicted molar refractivity (Wildman–Crippen MR) is 106 cm³/mol. The fourth-order valence-electron chi connectivity index (χ4n) is 3.95. The van der Waals surface area contributed by atoms with Gasteiger partial charge in [-0.1, -0.05) is 31.2 Å². The molecule has 2 aliphatic heterocycles. The SMILES string of the molecule is CCNCC1CCN(C(=O)CCNC(=O)N2CCc3ccccc3C2)CC1. The van der Waals surface area contributed by atoms with E-state index in [0.29, 0.717) is 25.4 Å². The minimum absolute atomic E-state index is 0.0679. The zero-order valence-corrected chi connectivity index (χ0v) is 16.4. The van der Waals surface area contributed by atoms with E-state index in [1.54, 1.807) is 0 Å². The lowest BCUT2D eigenvalue weighted by Crippen LogP contribution is -2.45. The molecule has 6 nitrogen and oxygen atoms in total. The highest BCUT2D eigenvalue weighted by Gasteiger charge is 2.23. The number of nitrogens with one attached hydrogen (secondary N) is 2. The molecule has 0 saturated carbocycles. The van der Waals surface area contributed by atoms with Crippen LogP contribution in [0.25, 0.3) is 0 Å². The van der Waals surface area contributed by atoms with E-state index in [9.17, 15) is 9.59 Å². The van der Waals surface area contributed by atoms with E-state index in [0.717, 1.165) is 52.0 Å². The molecule has 2 heterocycles. The molecule has 2 aliphatic rings. The molecule has 0 unspecified atom stereocenters. The van der Waals surface area contributed by atoms with Crippen LogP contribution >= 0.6 is 0 Å². The summed E-state index contributed by atoms with van der Waals surface area (Å²) < 4.78 is 0. The molecule has 3 rings (SSSR count). The van der Waals surface area contributed by atoms with Gasteiger partial charge in [-0.2, -0.15) is 0 Å². The molecule has 1 fully saturated rings. The standard InChI is InChI=1S/C21H32N4O2/c1-2-22-15-17-8-12-24(13-9-17)20(26)7-11-23-21(27)25-14-10-18-5-3-4-6-19(18)16-25/h3-6,17,22H,2,7-16H2,1H3,(H,23,27). The second kappa shape index (κ2) is 9.74. The number of hydrogen-bond donors (Lipinski definition) is 2. The van der Waals surface area contributed by atoms with Crippen molar-refractivity contribution in [1.29, 1.82) is 0 Å². The molecule has 3 amide bonds. The smallest absolute Gasteiger partial charge is 0.317 e. The summed E-state index contributed by atoms with van der Waals surface area (Å²) in [5.41, 5.74) is 2.55. The van der Waals surface area contributed by atoms with Gasteiger partial charge in [-0.05, 0) is 49.4 Å². The van der Waals surface area contributed by atoms with Crippen molar-refractivity contribution in [2.45, 2.75) is 39.2 Å². The topological polar surface area (TPSA) is 64.7 Å². The number of carbonyl (C=O) groups excluding carboxylic acids is 2. The van der Waals surface area contributed by atoms with Crippen LogP contribution in [0.4, 0.5) is 4.79 Å². The monoisotopic (exact) mass is 372 g/mol. The zero-order chi connectivity index (χ0) is 19.1. The van der Waals surface area contributed by atoms with Gasteiger partial charge in [-0.3, -0.25) is 4.79 Å². The summed E-state index contributed by atoms with van der Waals surface area (Å²) in [6.07, 6.45) is 3.41. The molecule has 1 saturated heterocycles. The molecule has 0 bridgehead atoms. The van der Waals surface area contributed by atoms with E-state index < -0.39 is 0 Å². The molecule has 0 radical (unpaired) electrons. The van der Waals surface area contributed by atoms with E-state index in [-0.39, 0.29) is 11.9 Å². The summed E-state index contributed by atoms with van der Waals surface area (Å²) in [7, 11) is 0. The fourth-order valence-corrected chi connectivity index (χ4v) is 3.95. The van der Waals surface area contributed by atoms with E-state index in [1.165, 1.54) is 11.1 Å². The summed E-state index contributed by atoms with van der Waals surface area (Å²) in [5.74, 6) is 0.830. The number of rotatable bonds is 6. The highest BCUT2D eigenvalue weighted by molar-refractivity contribution is 5.78. The van der Waals surface area contributed by atoms with Gasteiger partial charge in [0.15, 0.2) is 0 Å². The van der Waals surface area contributed by atoms with Crippen molar-refractivity contribution in [3.8, 4) is 0 Å². The maximum atomic E-state index is 12.4. The molecule has 1 aromatic rings. The Bertz CT molecular complexity index is 641. The Labute approximate surface area is 162 Å². The number of amides is 3. The van der Waals surface area contributed by atoms with Crippen LogP contribution in [0.15, 0.2) is 24.3 Å². The molecule has 148 valence electrons. The fraction of sp³-hybridized carbons (Fsp3) is 0.619. The number of nitrogens with zero attached hydrogens (tertiary/aromatic N) is 2. The molecule has 6 heteroatoms. The van der Waals surface area contributed by atoms with Gasteiger partial charge in [0.2, 0.25) is 5.91 Å². The molecular formula is C21H32N4O2. The van der Waals surface area contributed by atoms with E-state index in [2.05, 4.69) is 29.7 Å². The Morgan fingerprint density at radius 1 is 1.07 bits per heavy atom. The molecule has 0 atom stereocenters. The van der Waals surface area contributed by atoms with Crippen LogP contribution in [0, 0.1) is 5.92 Å². The third-order valence-electron chi connectivity index (χ3n) is 5.68.